The summed E-state index contributed by atoms with van der Waals surface area (Å²) in [6, 6.07) is 0. The fourth-order valence-electron chi connectivity index (χ4n) is 8.59. The zero-order chi connectivity index (χ0) is 21.1. The number of Topliss-reactive ketones (excluding diaryl/α,β-unsaturated/α-hetero) is 1. The largest absolute Gasteiger partial charge is 0.469 e. The van der Waals surface area contributed by atoms with E-state index >= 15 is 0 Å². The van der Waals surface area contributed by atoms with E-state index in [1.807, 2.05) is 0 Å². The number of rotatable bonds is 1. The molecule has 0 aromatic rings. The van der Waals surface area contributed by atoms with E-state index in [1.165, 1.54) is 7.11 Å². The number of hydrogen-bond acceptors (Lipinski definition) is 6. The Labute approximate surface area is 176 Å². The highest BCUT2D eigenvalue weighted by atomic mass is 16.6. The van der Waals surface area contributed by atoms with Gasteiger partial charge in [-0.05, 0) is 38.0 Å². The zero-order valence-corrected chi connectivity index (χ0v) is 18.0. The Morgan fingerprint density at radius 3 is 2.67 bits per heavy atom. The smallest absolute Gasteiger partial charge is 0.312 e. The number of methoxy groups -OCH3 is 1. The van der Waals surface area contributed by atoms with Crippen molar-refractivity contribution in [1.29, 1.82) is 0 Å². The topological polar surface area (TPSA) is 82.2 Å². The highest BCUT2D eigenvalue weighted by Gasteiger charge is 2.83. The molecule has 162 valence electrons. The van der Waals surface area contributed by atoms with Crippen LogP contribution in [-0.4, -0.2) is 42.1 Å². The van der Waals surface area contributed by atoms with Crippen molar-refractivity contribution in [2.75, 3.05) is 7.11 Å². The molecule has 0 aromatic heterocycles. The quantitative estimate of drug-likeness (QED) is 0.372. The van der Waals surface area contributed by atoms with Crippen LogP contribution in [0.1, 0.15) is 65.2 Å². The average Bonchev–Trinajstić information content (AvgIpc) is 3.20. The molecule has 6 rings (SSSR count). The Hall–Kier alpha value is -1.69. The van der Waals surface area contributed by atoms with Crippen molar-refractivity contribution in [2.45, 2.75) is 82.5 Å². The summed E-state index contributed by atoms with van der Waals surface area (Å²) in [6.45, 7) is 4.50. The number of ether oxygens (including phenoxy) is 3. The van der Waals surface area contributed by atoms with Crippen LogP contribution in [-0.2, 0) is 28.6 Å². The maximum absolute atomic E-state index is 13.0. The molecule has 8 atom stereocenters. The minimum Gasteiger partial charge on any atom is -0.469 e. The van der Waals surface area contributed by atoms with Crippen LogP contribution >= 0.6 is 0 Å². The van der Waals surface area contributed by atoms with Gasteiger partial charge in [0.05, 0.1) is 19.1 Å². The number of esters is 2. The first-order valence-corrected chi connectivity index (χ1v) is 11.4. The Kier molecular flexibility index (Phi) is 3.53. The fourth-order valence-corrected chi connectivity index (χ4v) is 8.59. The molecule has 2 saturated heterocycles. The molecule has 0 aromatic carbocycles. The molecule has 5 fully saturated rings. The number of ketones is 1. The minimum absolute atomic E-state index is 0.00525. The molecule has 30 heavy (non-hydrogen) atoms. The molecule has 6 nitrogen and oxygen atoms in total. The maximum Gasteiger partial charge on any atom is 0.312 e. The molecule has 2 spiro atoms. The zero-order valence-electron chi connectivity index (χ0n) is 18.0. The number of hydrogen-bond donors (Lipinski definition) is 0. The summed E-state index contributed by atoms with van der Waals surface area (Å²) in [4.78, 5) is 37.4. The van der Waals surface area contributed by atoms with Gasteiger partial charge in [-0.2, -0.15) is 0 Å². The normalized spacial score (nSPS) is 53.2. The van der Waals surface area contributed by atoms with Crippen molar-refractivity contribution in [3.05, 3.63) is 11.6 Å². The third kappa shape index (κ3) is 1.94. The number of carbonyl (C=O) groups excluding carboxylic acids is 3. The third-order valence-electron chi connectivity index (χ3n) is 10.2. The van der Waals surface area contributed by atoms with E-state index in [-0.39, 0.29) is 46.5 Å². The lowest BCUT2D eigenvalue weighted by atomic mass is 9.44. The van der Waals surface area contributed by atoms with Gasteiger partial charge in [0.15, 0.2) is 0 Å². The monoisotopic (exact) mass is 414 g/mol. The molecule has 3 saturated carbocycles. The Balaban J connectivity index is 1.50. The Morgan fingerprint density at radius 2 is 1.97 bits per heavy atom. The van der Waals surface area contributed by atoms with E-state index in [1.54, 1.807) is 0 Å². The standard InChI is InChI=1S/C24H30O6/c1-21-7-4-14(25)10-13(21)11-15(20(27)28-3)19-16-5-8-23(9-6-18(26)30-23)22(16,2)12-17-24(19,21)29-17/h11,15-17,19H,4-10,12H2,1-3H3/t15?,16-,17+,19-,21-,22-,23+,24?/m0/s1. The van der Waals surface area contributed by atoms with Crippen molar-refractivity contribution in [3.63, 3.8) is 0 Å². The van der Waals surface area contributed by atoms with Gasteiger partial charge < -0.3 is 14.2 Å². The molecule has 0 bridgehead atoms. The number of epoxide rings is 1. The third-order valence-corrected chi connectivity index (χ3v) is 10.2. The lowest BCUT2D eigenvalue weighted by molar-refractivity contribution is -0.169. The van der Waals surface area contributed by atoms with Gasteiger partial charge >= 0.3 is 11.9 Å². The van der Waals surface area contributed by atoms with Gasteiger partial charge in [-0.3, -0.25) is 14.4 Å². The average molecular weight is 414 g/mol. The van der Waals surface area contributed by atoms with E-state index in [4.69, 9.17) is 14.2 Å². The summed E-state index contributed by atoms with van der Waals surface area (Å²) in [7, 11) is 1.44. The van der Waals surface area contributed by atoms with Gasteiger partial charge in [0.1, 0.15) is 17.0 Å². The predicted molar refractivity (Wildman–Crippen MR) is 105 cm³/mol. The van der Waals surface area contributed by atoms with E-state index < -0.39 is 17.1 Å². The molecular weight excluding hydrogens is 384 g/mol. The van der Waals surface area contributed by atoms with Crippen LogP contribution in [0.25, 0.3) is 0 Å². The molecule has 0 radical (unpaired) electrons. The lowest BCUT2D eigenvalue weighted by Gasteiger charge is -2.57. The van der Waals surface area contributed by atoms with Gasteiger partial charge in [-0.25, -0.2) is 0 Å². The summed E-state index contributed by atoms with van der Waals surface area (Å²) in [5, 5.41) is 0. The van der Waals surface area contributed by atoms with Gasteiger partial charge in [-0.15, -0.1) is 0 Å². The van der Waals surface area contributed by atoms with Crippen molar-refractivity contribution in [1.82, 2.24) is 0 Å². The first kappa shape index (κ1) is 19.0. The predicted octanol–water partition coefficient (Wildman–Crippen LogP) is 3.12. The fraction of sp³-hybridized carbons (Fsp3) is 0.792. The highest BCUT2D eigenvalue weighted by Crippen LogP contribution is 2.77. The molecule has 6 heteroatoms. The summed E-state index contributed by atoms with van der Waals surface area (Å²) in [5.41, 5.74) is -0.191. The van der Waals surface area contributed by atoms with Crippen molar-refractivity contribution >= 4 is 17.7 Å². The van der Waals surface area contributed by atoms with E-state index in [0.717, 1.165) is 37.7 Å². The highest BCUT2D eigenvalue weighted by molar-refractivity contribution is 5.84. The Bertz CT molecular complexity index is 907. The molecular formula is C24H30O6. The van der Waals surface area contributed by atoms with Crippen LogP contribution in [0.4, 0.5) is 0 Å². The van der Waals surface area contributed by atoms with Crippen molar-refractivity contribution < 1.29 is 28.6 Å². The van der Waals surface area contributed by atoms with Crippen LogP contribution in [0.5, 0.6) is 0 Å². The van der Waals surface area contributed by atoms with Gasteiger partial charge in [-0.1, -0.05) is 25.5 Å². The molecule has 2 aliphatic heterocycles. The van der Waals surface area contributed by atoms with Crippen LogP contribution in [0.3, 0.4) is 0 Å². The van der Waals surface area contributed by atoms with Gasteiger partial charge in [0.25, 0.3) is 0 Å². The minimum atomic E-state index is -0.430. The molecule has 2 unspecified atom stereocenters. The van der Waals surface area contributed by atoms with E-state index in [9.17, 15) is 14.4 Å². The maximum atomic E-state index is 13.0. The van der Waals surface area contributed by atoms with Crippen LogP contribution in [0.15, 0.2) is 11.6 Å². The first-order valence-electron chi connectivity index (χ1n) is 11.4. The van der Waals surface area contributed by atoms with Gasteiger partial charge in [0.2, 0.25) is 0 Å². The molecule has 6 aliphatic rings. The summed E-state index contributed by atoms with van der Waals surface area (Å²) >= 11 is 0. The molecule has 0 amide bonds. The van der Waals surface area contributed by atoms with Crippen molar-refractivity contribution in [3.8, 4) is 0 Å². The second-order valence-electron chi connectivity index (χ2n) is 10.9. The summed E-state index contributed by atoms with van der Waals surface area (Å²) < 4.78 is 17.9. The molecule has 2 heterocycles. The van der Waals surface area contributed by atoms with Crippen LogP contribution in [0.2, 0.25) is 0 Å². The summed E-state index contributed by atoms with van der Waals surface area (Å²) in [5.74, 6) is -0.292. The van der Waals surface area contributed by atoms with Crippen LogP contribution in [0, 0.1) is 28.6 Å². The second-order valence-corrected chi connectivity index (χ2v) is 10.9. The molecule has 0 N–H and O–H groups in total. The van der Waals surface area contributed by atoms with Crippen LogP contribution < -0.4 is 0 Å². The number of carbonyl (C=O) groups is 3. The first-order chi connectivity index (χ1) is 14.2. The Morgan fingerprint density at radius 1 is 1.17 bits per heavy atom. The molecule has 4 aliphatic carbocycles. The summed E-state index contributed by atoms with van der Waals surface area (Å²) in [6.07, 6.45) is 7.74. The van der Waals surface area contributed by atoms with Gasteiger partial charge in [0, 0.05) is 36.0 Å². The second kappa shape index (κ2) is 5.56. The SMILES string of the molecule is COC(=O)C1C=C2CC(=O)CC[C@]2(C)C23O[C@@H]2C[C@@]2(C)[C@@H](CC[C@@]24CCC(=O)O4)[C@H]13. The lowest BCUT2D eigenvalue weighted by Crippen LogP contribution is -2.62. The number of fused-ring (bicyclic) bond motifs is 4. The van der Waals surface area contributed by atoms with Crippen molar-refractivity contribution in [2.24, 2.45) is 28.6 Å². The van der Waals surface area contributed by atoms with E-state index in [0.29, 0.717) is 19.3 Å². The van der Waals surface area contributed by atoms with E-state index in [2.05, 4.69) is 19.9 Å².